The highest BCUT2D eigenvalue weighted by molar-refractivity contribution is 6.34. The quantitative estimate of drug-likeness (QED) is 0.707. The molecule has 0 aromatic carbocycles. The molecule has 0 aliphatic rings. The summed E-state index contributed by atoms with van der Waals surface area (Å²) >= 11 is 6.16. The Hall–Kier alpha value is -0.760. The number of rotatable bonds is 3. The summed E-state index contributed by atoms with van der Waals surface area (Å²) in [7, 11) is 1.95. The summed E-state index contributed by atoms with van der Waals surface area (Å²) in [5.41, 5.74) is 2.64. The molecule has 0 saturated heterocycles. The van der Waals surface area contributed by atoms with E-state index in [1.165, 1.54) is 0 Å². The molecule has 1 aromatic rings. The van der Waals surface area contributed by atoms with Crippen LogP contribution in [-0.4, -0.2) is 10.9 Å². The number of aldehydes is 1. The molecule has 0 bridgehead atoms. The highest BCUT2D eigenvalue weighted by Crippen LogP contribution is 2.32. The van der Waals surface area contributed by atoms with Gasteiger partial charge in [0.25, 0.3) is 0 Å². The van der Waals surface area contributed by atoms with Crippen molar-refractivity contribution >= 4 is 17.9 Å². The van der Waals surface area contributed by atoms with Gasteiger partial charge in [0.2, 0.25) is 0 Å². The molecule has 0 amide bonds. The average molecular weight is 214 g/mol. The van der Waals surface area contributed by atoms with Gasteiger partial charge in [-0.05, 0) is 19.3 Å². The second-order valence-corrected chi connectivity index (χ2v) is 4.06. The molecule has 2 nitrogen and oxygen atoms in total. The van der Waals surface area contributed by atoms with E-state index in [0.29, 0.717) is 16.5 Å². The van der Waals surface area contributed by atoms with Gasteiger partial charge in [0, 0.05) is 18.4 Å². The lowest BCUT2D eigenvalue weighted by Crippen LogP contribution is -2.02. The van der Waals surface area contributed by atoms with Crippen LogP contribution < -0.4 is 0 Å². The smallest absolute Gasteiger partial charge is 0.153 e. The van der Waals surface area contributed by atoms with Crippen LogP contribution >= 0.6 is 11.6 Å². The van der Waals surface area contributed by atoms with Crippen LogP contribution in [0.4, 0.5) is 0 Å². The van der Waals surface area contributed by atoms with Gasteiger partial charge in [-0.3, -0.25) is 4.79 Å². The van der Waals surface area contributed by atoms with Crippen LogP contribution in [0.15, 0.2) is 0 Å². The van der Waals surface area contributed by atoms with Gasteiger partial charge in [-0.1, -0.05) is 25.4 Å². The molecular formula is C11H16ClNO. The standard InChI is InChI=1S/C11H16ClNO/c1-5-7(2)11-10(12)9(6-14)8(3)13(11)4/h6-7H,5H2,1-4H3. The van der Waals surface area contributed by atoms with E-state index >= 15 is 0 Å². The van der Waals surface area contributed by atoms with Crippen LogP contribution in [0.5, 0.6) is 0 Å². The van der Waals surface area contributed by atoms with Crippen molar-refractivity contribution < 1.29 is 4.79 Å². The van der Waals surface area contributed by atoms with Gasteiger partial charge in [0.1, 0.15) is 0 Å². The molecular weight excluding hydrogens is 198 g/mol. The van der Waals surface area contributed by atoms with Crippen LogP contribution in [0.25, 0.3) is 0 Å². The minimum atomic E-state index is 0.389. The molecule has 0 aliphatic carbocycles. The lowest BCUT2D eigenvalue weighted by atomic mass is 10.0. The third-order valence-electron chi connectivity index (χ3n) is 2.91. The first-order valence-electron chi connectivity index (χ1n) is 4.84. The van der Waals surface area contributed by atoms with Crippen LogP contribution in [0, 0.1) is 6.92 Å². The van der Waals surface area contributed by atoms with Crippen LogP contribution in [0.1, 0.15) is 47.9 Å². The molecule has 78 valence electrons. The number of nitrogens with zero attached hydrogens (tertiary/aromatic N) is 1. The zero-order chi connectivity index (χ0) is 10.9. The molecule has 3 heteroatoms. The second kappa shape index (κ2) is 4.18. The normalized spacial score (nSPS) is 12.9. The molecule has 14 heavy (non-hydrogen) atoms. The summed E-state index contributed by atoms with van der Waals surface area (Å²) < 4.78 is 2.01. The van der Waals surface area contributed by atoms with Gasteiger partial charge < -0.3 is 4.57 Å². The Morgan fingerprint density at radius 2 is 2.14 bits per heavy atom. The molecule has 1 rings (SSSR count). The fourth-order valence-corrected chi connectivity index (χ4v) is 2.18. The summed E-state index contributed by atoms with van der Waals surface area (Å²) in [5.74, 6) is 0.389. The summed E-state index contributed by atoms with van der Waals surface area (Å²) in [6.45, 7) is 6.15. The van der Waals surface area contributed by atoms with E-state index in [0.717, 1.165) is 24.1 Å². The zero-order valence-corrected chi connectivity index (χ0v) is 9.85. The van der Waals surface area contributed by atoms with E-state index in [9.17, 15) is 4.79 Å². The molecule has 0 radical (unpaired) electrons. The number of carbonyl (C=O) groups excluding carboxylic acids is 1. The highest BCUT2D eigenvalue weighted by atomic mass is 35.5. The molecule has 1 unspecified atom stereocenters. The maximum atomic E-state index is 10.8. The number of hydrogen-bond acceptors (Lipinski definition) is 1. The Morgan fingerprint density at radius 3 is 2.50 bits per heavy atom. The molecule has 1 aromatic heterocycles. The van der Waals surface area contributed by atoms with Gasteiger partial charge >= 0.3 is 0 Å². The van der Waals surface area contributed by atoms with Crippen molar-refractivity contribution in [1.82, 2.24) is 4.57 Å². The number of carbonyl (C=O) groups is 1. The lowest BCUT2D eigenvalue weighted by Gasteiger charge is -2.11. The van der Waals surface area contributed by atoms with Gasteiger partial charge in [0.15, 0.2) is 6.29 Å². The molecule has 0 N–H and O–H groups in total. The number of halogens is 1. The van der Waals surface area contributed by atoms with Crippen molar-refractivity contribution in [1.29, 1.82) is 0 Å². The van der Waals surface area contributed by atoms with E-state index in [4.69, 9.17) is 11.6 Å². The van der Waals surface area contributed by atoms with Crippen molar-refractivity contribution in [2.75, 3.05) is 0 Å². The fraction of sp³-hybridized carbons (Fsp3) is 0.545. The third kappa shape index (κ3) is 1.59. The molecule has 1 heterocycles. The van der Waals surface area contributed by atoms with E-state index in [1.54, 1.807) is 0 Å². The van der Waals surface area contributed by atoms with E-state index in [1.807, 2.05) is 18.5 Å². The molecule has 0 aliphatic heterocycles. The maximum absolute atomic E-state index is 10.8. The van der Waals surface area contributed by atoms with Crippen LogP contribution in [0.3, 0.4) is 0 Å². The van der Waals surface area contributed by atoms with Crippen molar-refractivity contribution in [2.45, 2.75) is 33.1 Å². The minimum absolute atomic E-state index is 0.389. The first-order chi connectivity index (χ1) is 6.54. The topological polar surface area (TPSA) is 22.0 Å². The molecule has 0 saturated carbocycles. The Labute approximate surface area is 89.9 Å². The van der Waals surface area contributed by atoms with E-state index in [-0.39, 0.29) is 0 Å². The summed E-state index contributed by atoms with van der Waals surface area (Å²) in [5, 5.41) is 0.620. The second-order valence-electron chi connectivity index (χ2n) is 3.68. The summed E-state index contributed by atoms with van der Waals surface area (Å²) in [6, 6.07) is 0. The number of hydrogen-bond donors (Lipinski definition) is 0. The third-order valence-corrected chi connectivity index (χ3v) is 3.31. The first kappa shape index (κ1) is 11.3. The maximum Gasteiger partial charge on any atom is 0.153 e. The molecule has 0 spiro atoms. The monoisotopic (exact) mass is 213 g/mol. The Kier molecular flexibility index (Phi) is 3.38. The summed E-state index contributed by atoms with van der Waals surface area (Å²) in [6.07, 6.45) is 1.86. The molecule has 0 fully saturated rings. The van der Waals surface area contributed by atoms with Crippen molar-refractivity contribution in [2.24, 2.45) is 7.05 Å². The van der Waals surface area contributed by atoms with Gasteiger partial charge in [-0.15, -0.1) is 0 Å². The van der Waals surface area contributed by atoms with Crippen molar-refractivity contribution in [3.8, 4) is 0 Å². The predicted octanol–water partition coefficient (Wildman–Crippen LogP) is 3.31. The van der Waals surface area contributed by atoms with Gasteiger partial charge in [-0.25, -0.2) is 0 Å². The van der Waals surface area contributed by atoms with Crippen LogP contribution in [0.2, 0.25) is 5.02 Å². The SMILES string of the molecule is CCC(C)c1c(Cl)c(C=O)c(C)n1C. The van der Waals surface area contributed by atoms with Crippen molar-refractivity contribution in [3.05, 3.63) is 22.0 Å². The highest BCUT2D eigenvalue weighted by Gasteiger charge is 2.19. The first-order valence-corrected chi connectivity index (χ1v) is 5.22. The van der Waals surface area contributed by atoms with E-state index in [2.05, 4.69) is 13.8 Å². The Morgan fingerprint density at radius 1 is 1.57 bits per heavy atom. The number of aromatic nitrogens is 1. The fourth-order valence-electron chi connectivity index (χ4n) is 1.68. The molecule has 1 atom stereocenters. The van der Waals surface area contributed by atoms with E-state index < -0.39 is 0 Å². The Balaban J connectivity index is 3.37. The predicted molar refractivity (Wildman–Crippen MR) is 59.3 cm³/mol. The lowest BCUT2D eigenvalue weighted by molar-refractivity contribution is 0.112. The average Bonchev–Trinajstić information content (AvgIpc) is 2.38. The van der Waals surface area contributed by atoms with Gasteiger partial charge in [-0.2, -0.15) is 0 Å². The zero-order valence-electron chi connectivity index (χ0n) is 9.10. The Bertz CT molecular complexity index is 355. The summed E-state index contributed by atoms with van der Waals surface area (Å²) in [4.78, 5) is 10.8. The van der Waals surface area contributed by atoms with Crippen molar-refractivity contribution in [3.63, 3.8) is 0 Å². The van der Waals surface area contributed by atoms with Crippen LogP contribution in [-0.2, 0) is 7.05 Å². The van der Waals surface area contributed by atoms with Gasteiger partial charge in [0.05, 0.1) is 10.6 Å². The largest absolute Gasteiger partial charge is 0.350 e. The minimum Gasteiger partial charge on any atom is -0.350 e.